The Morgan fingerprint density at radius 3 is 2.33 bits per heavy atom. The van der Waals surface area contributed by atoms with Crippen LogP contribution in [0.15, 0.2) is 66.9 Å². The Morgan fingerprint density at radius 1 is 0.667 bits per heavy atom. The SMILES string of the molecule is c1ccc(-c2cccc(-c3nc4ccccc4s3)n2)nc1. The Kier molecular flexibility index (Phi) is 2.94. The molecule has 0 unspecified atom stereocenters. The van der Waals surface area contributed by atoms with Gasteiger partial charge in [-0.15, -0.1) is 11.3 Å². The van der Waals surface area contributed by atoms with E-state index in [1.54, 1.807) is 17.5 Å². The van der Waals surface area contributed by atoms with Gasteiger partial charge in [-0.2, -0.15) is 0 Å². The van der Waals surface area contributed by atoms with E-state index in [1.165, 1.54) is 4.70 Å². The lowest BCUT2D eigenvalue weighted by Crippen LogP contribution is -1.89. The number of pyridine rings is 2. The van der Waals surface area contributed by atoms with Gasteiger partial charge >= 0.3 is 0 Å². The van der Waals surface area contributed by atoms with Crippen LogP contribution in [0.2, 0.25) is 0 Å². The number of hydrogen-bond donors (Lipinski definition) is 0. The van der Waals surface area contributed by atoms with E-state index in [2.05, 4.69) is 16.0 Å². The maximum Gasteiger partial charge on any atom is 0.143 e. The molecule has 4 heteroatoms. The van der Waals surface area contributed by atoms with Gasteiger partial charge < -0.3 is 0 Å². The molecule has 3 nitrogen and oxygen atoms in total. The van der Waals surface area contributed by atoms with Crippen molar-refractivity contribution >= 4 is 21.6 Å². The third-order valence-corrected chi connectivity index (χ3v) is 4.25. The summed E-state index contributed by atoms with van der Waals surface area (Å²) in [4.78, 5) is 13.7. The highest BCUT2D eigenvalue weighted by Gasteiger charge is 2.08. The summed E-state index contributed by atoms with van der Waals surface area (Å²) in [5.41, 5.74) is 3.65. The number of thiazole rings is 1. The van der Waals surface area contributed by atoms with Crippen LogP contribution < -0.4 is 0 Å². The van der Waals surface area contributed by atoms with Crippen molar-refractivity contribution < 1.29 is 0 Å². The van der Waals surface area contributed by atoms with Crippen LogP contribution in [0.1, 0.15) is 0 Å². The Balaban J connectivity index is 1.82. The average Bonchev–Trinajstić information content (AvgIpc) is 3.00. The van der Waals surface area contributed by atoms with Crippen molar-refractivity contribution in [3.63, 3.8) is 0 Å². The zero-order valence-electron chi connectivity index (χ0n) is 11.1. The van der Waals surface area contributed by atoms with Gasteiger partial charge in [-0.1, -0.05) is 24.3 Å². The third-order valence-electron chi connectivity index (χ3n) is 3.19. The molecule has 4 rings (SSSR count). The van der Waals surface area contributed by atoms with E-state index in [9.17, 15) is 0 Å². The van der Waals surface area contributed by atoms with E-state index in [1.807, 2.05) is 54.6 Å². The molecule has 0 fully saturated rings. The average molecular weight is 289 g/mol. The van der Waals surface area contributed by atoms with Gasteiger partial charge in [0.2, 0.25) is 0 Å². The standard InChI is InChI=1S/C17H11N3S/c1-2-10-16-14(7-1)20-17(21-16)15-9-5-8-13(19-15)12-6-3-4-11-18-12/h1-11H. The highest BCUT2D eigenvalue weighted by Crippen LogP contribution is 2.29. The minimum Gasteiger partial charge on any atom is -0.255 e. The normalized spacial score (nSPS) is 10.9. The van der Waals surface area contributed by atoms with Crippen molar-refractivity contribution in [2.45, 2.75) is 0 Å². The topological polar surface area (TPSA) is 38.7 Å². The lowest BCUT2D eigenvalue weighted by Gasteiger charge is -2.01. The second-order valence-corrected chi connectivity index (χ2v) is 5.64. The van der Waals surface area contributed by atoms with Crippen molar-refractivity contribution in [3.8, 4) is 22.1 Å². The van der Waals surface area contributed by atoms with Crippen LogP contribution in [0.4, 0.5) is 0 Å². The highest BCUT2D eigenvalue weighted by molar-refractivity contribution is 7.21. The number of nitrogens with zero attached hydrogens (tertiary/aromatic N) is 3. The van der Waals surface area contributed by atoms with Crippen LogP contribution in [0.25, 0.3) is 32.3 Å². The Hall–Kier alpha value is -2.59. The Labute approximate surface area is 126 Å². The molecule has 0 saturated carbocycles. The van der Waals surface area contributed by atoms with Crippen molar-refractivity contribution in [1.82, 2.24) is 15.0 Å². The molecule has 0 aliphatic rings. The van der Waals surface area contributed by atoms with E-state index < -0.39 is 0 Å². The fraction of sp³-hybridized carbons (Fsp3) is 0. The molecular weight excluding hydrogens is 278 g/mol. The summed E-state index contributed by atoms with van der Waals surface area (Å²) in [5, 5.41) is 0.939. The van der Waals surface area contributed by atoms with Gasteiger partial charge in [-0.25, -0.2) is 9.97 Å². The predicted octanol–water partition coefficient (Wildman–Crippen LogP) is 4.42. The molecule has 0 N–H and O–H groups in total. The predicted molar refractivity (Wildman–Crippen MR) is 86.1 cm³/mol. The first-order valence-corrected chi connectivity index (χ1v) is 7.46. The number of aromatic nitrogens is 3. The summed E-state index contributed by atoms with van der Waals surface area (Å²) < 4.78 is 1.18. The van der Waals surface area contributed by atoms with Crippen LogP contribution >= 0.6 is 11.3 Å². The molecule has 4 aromatic rings. The van der Waals surface area contributed by atoms with Crippen molar-refractivity contribution in [2.24, 2.45) is 0 Å². The zero-order valence-corrected chi connectivity index (χ0v) is 11.9. The molecule has 0 amide bonds. The molecule has 1 aromatic carbocycles. The van der Waals surface area contributed by atoms with E-state index in [0.29, 0.717) is 0 Å². The van der Waals surface area contributed by atoms with Crippen molar-refractivity contribution in [2.75, 3.05) is 0 Å². The van der Waals surface area contributed by atoms with Gasteiger partial charge in [0.25, 0.3) is 0 Å². The maximum absolute atomic E-state index is 4.69. The summed E-state index contributed by atoms with van der Waals surface area (Å²) in [5.74, 6) is 0. The second kappa shape index (κ2) is 5.07. The fourth-order valence-corrected chi connectivity index (χ4v) is 3.13. The molecule has 21 heavy (non-hydrogen) atoms. The quantitative estimate of drug-likeness (QED) is 0.548. The van der Waals surface area contributed by atoms with Crippen LogP contribution in [-0.4, -0.2) is 15.0 Å². The third kappa shape index (κ3) is 2.30. The van der Waals surface area contributed by atoms with Gasteiger partial charge in [0.1, 0.15) is 5.01 Å². The molecule has 0 bridgehead atoms. The Morgan fingerprint density at radius 2 is 1.48 bits per heavy atom. The van der Waals surface area contributed by atoms with Crippen molar-refractivity contribution in [3.05, 3.63) is 66.9 Å². The number of benzene rings is 1. The minimum absolute atomic E-state index is 0.868. The molecule has 0 aliphatic heterocycles. The Bertz CT molecular complexity index is 867. The smallest absolute Gasteiger partial charge is 0.143 e. The largest absolute Gasteiger partial charge is 0.255 e. The summed E-state index contributed by atoms with van der Waals surface area (Å²) in [6.07, 6.45) is 1.78. The second-order valence-electron chi connectivity index (χ2n) is 4.61. The zero-order chi connectivity index (χ0) is 14.1. The van der Waals surface area contributed by atoms with Gasteiger partial charge in [0.05, 0.1) is 27.3 Å². The van der Waals surface area contributed by atoms with Gasteiger partial charge in [0, 0.05) is 6.20 Å². The number of para-hydroxylation sites is 1. The fourth-order valence-electron chi connectivity index (χ4n) is 2.19. The lowest BCUT2D eigenvalue weighted by atomic mass is 10.2. The van der Waals surface area contributed by atoms with Crippen LogP contribution in [0.3, 0.4) is 0 Å². The van der Waals surface area contributed by atoms with Crippen molar-refractivity contribution in [1.29, 1.82) is 0 Å². The highest BCUT2D eigenvalue weighted by atomic mass is 32.1. The summed E-state index contributed by atoms with van der Waals surface area (Å²) in [6.45, 7) is 0. The molecule has 3 aromatic heterocycles. The van der Waals surface area contributed by atoms with Crippen LogP contribution in [0.5, 0.6) is 0 Å². The molecule has 100 valence electrons. The maximum atomic E-state index is 4.69. The molecule has 0 aliphatic carbocycles. The molecule has 3 heterocycles. The van der Waals surface area contributed by atoms with E-state index in [-0.39, 0.29) is 0 Å². The lowest BCUT2D eigenvalue weighted by molar-refractivity contribution is 1.24. The number of hydrogen-bond acceptors (Lipinski definition) is 4. The first kappa shape index (κ1) is 12.2. The molecule has 0 radical (unpaired) electrons. The van der Waals surface area contributed by atoms with E-state index in [0.717, 1.165) is 27.6 Å². The van der Waals surface area contributed by atoms with E-state index >= 15 is 0 Å². The summed E-state index contributed by atoms with van der Waals surface area (Å²) in [6, 6.07) is 19.9. The molecule has 0 atom stereocenters. The molecule has 0 saturated heterocycles. The number of fused-ring (bicyclic) bond motifs is 1. The first-order chi connectivity index (χ1) is 10.4. The van der Waals surface area contributed by atoms with E-state index in [4.69, 9.17) is 4.98 Å². The number of rotatable bonds is 2. The van der Waals surface area contributed by atoms with Crippen LogP contribution in [-0.2, 0) is 0 Å². The van der Waals surface area contributed by atoms with Gasteiger partial charge in [-0.3, -0.25) is 4.98 Å². The summed E-state index contributed by atoms with van der Waals surface area (Å²) >= 11 is 1.66. The van der Waals surface area contributed by atoms with Gasteiger partial charge in [0.15, 0.2) is 0 Å². The minimum atomic E-state index is 0.868. The monoisotopic (exact) mass is 289 g/mol. The summed E-state index contributed by atoms with van der Waals surface area (Å²) in [7, 11) is 0. The first-order valence-electron chi connectivity index (χ1n) is 6.64. The van der Waals surface area contributed by atoms with Gasteiger partial charge in [-0.05, 0) is 36.4 Å². The van der Waals surface area contributed by atoms with Crippen LogP contribution in [0, 0.1) is 0 Å². The molecule has 0 spiro atoms. The molecular formula is C17H11N3S.